The van der Waals surface area contributed by atoms with Crippen LogP contribution >= 0.6 is 0 Å². The van der Waals surface area contributed by atoms with E-state index in [4.69, 9.17) is 14.7 Å². The Bertz CT molecular complexity index is 716. The van der Waals surface area contributed by atoms with Gasteiger partial charge in [-0.15, -0.1) is 0 Å². The Morgan fingerprint density at radius 3 is 3.00 bits per heavy atom. The lowest BCUT2D eigenvalue weighted by molar-refractivity contribution is 0.167. The Hall–Kier alpha value is -2.58. The molecule has 0 aliphatic carbocycles. The molecule has 1 aromatic heterocycles. The normalized spacial score (nSPS) is 16.6. The first kappa shape index (κ1) is 16.3. The van der Waals surface area contributed by atoms with Gasteiger partial charge in [0, 0.05) is 30.8 Å². The van der Waals surface area contributed by atoms with Crippen molar-refractivity contribution in [2.45, 2.75) is 19.9 Å². The molecule has 0 radical (unpaired) electrons. The highest BCUT2D eigenvalue weighted by molar-refractivity contribution is 5.43. The zero-order chi connectivity index (χ0) is 16.8. The number of hydrogen-bond donors (Lipinski definition) is 1. The fourth-order valence-corrected chi connectivity index (χ4v) is 2.61. The SMILES string of the molecule is Cc1ccc(CNc2ccc(C#N)cn2)c(OC[C@@H]2CCOC2)c1. The summed E-state index contributed by atoms with van der Waals surface area (Å²) in [5.74, 6) is 2.12. The lowest BCUT2D eigenvalue weighted by atomic mass is 10.1. The van der Waals surface area contributed by atoms with Crippen LogP contribution in [0, 0.1) is 24.2 Å². The van der Waals surface area contributed by atoms with E-state index in [-0.39, 0.29) is 0 Å². The zero-order valence-corrected chi connectivity index (χ0v) is 13.8. The lowest BCUT2D eigenvalue weighted by Crippen LogP contribution is -2.13. The molecule has 2 heterocycles. The van der Waals surface area contributed by atoms with Crippen LogP contribution in [0.15, 0.2) is 36.5 Å². The molecule has 24 heavy (non-hydrogen) atoms. The predicted octanol–water partition coefficient (Wildman–Crippen LogP) is 3.29. The molecule has 1 N–H and O–H groups in total. The highest BCUT2D eigenvalue weighted by Gasteiger charge is 2.17. The number of aryl methyl sites for hydroxylation is 1. The summed E-state index contributed by atoms with van der Waals surface area (Å²) >= 11 is 0. The molecule has 1 fully saturated rings. The first-order valence-corrected chi connectivity index (χ1v) is 8.14. The molecular weight excluding hydrogens is 302 g/mol. The van der Waals surface area contributed by atoms with Gasteiger partial charge in [-0.3, -0.25) is 0 Å². The van der Waals surface area contributed by atoms with Crippen LogP contribution in [0.2, 0.25) is 0 Å². The van der Waals surface area contributed by atoms with E-state index in [1.165, 1.54) is 5.56 Å². The molecule has 0 unspecified atom stereocenters. The van der Waals surface area contributed by atoms with Crippen molar-refractivity contribution in [1.82, 2.24) is 4.98 Å². The number of nitriles is 1. The predicted molar refractivity (Wildman–Crippen MR) is 91.9 cm³/mol. The topological polar surface area (TPSA) is 67.2 Å². The minimum Gasteiger partial charge on any atom is -0.493 e. The Morgan fingerprint density at radius 1 is 1.38 bits per heavy atom. The van der Waals surface area contributed by atoms with Crippen LogP contribution in [0.1, 0.15) is 23.1 Å². The molecule has 3 rings (SSSR count). The summed E-state index contributed by atoms with van der Waals surface area (Å²) in [4.78, 5) is 4.23. The number of nitrogens with zero attached hydrogens (tertiary/aromatic N) is 2. The second-order valence-corrected chi connectivity index (χ2v) is 6.05. The fraction of sp³-hybridized carbons (Fsp3) is 0.368. The average Bonchev–Trinajstić information content (AvgIpc) is 3.13. The van der Waals surface area contributed by atoms with E-state index in [2.05, 4.69) is 41.5 Å². The van der Waals surface area contributed by atoms with E-state index in [0.29, 0.717) is 24.6 Å². The molecule has 2 aromatic rings. The molecule has 1 aliphatic rings. The van der Waals surface area contributed by atoms with Gasteiger partial charge in [0.25, 0.3) is 0 Å². The van der Waals surface area contributed by atoms with Crippen LogP contribution in [-0.4, -0.2) is 24.8 Å². The smallest absolute Gasteiger partial charge is 0.126 e. The third-order valence-corrected chi connectivity index (χ3v) is 4.07. The minimum atomic E-state index is 0.478. The van der Waals surface area contributed by atoms with Gasteiger partial charge in [-0.1, -0.05) is 12.1 Å². The standard InChI is InChI=1S/C19H21N3O2/c1-14-2-4-17(11-22-19-5-3-15(9-20)10-21-19)18(8-14)24-13-16-6-7-23-12-16/h2-5,8,10,16H,6-7,11-13H2,1H3,(H,21,22)/t16-/m1/s1. The van der Waals surface area contributed by atoms with Crippen molar-refractivity contribution in [2.24, 2.45) is 5.92 Å². The molecule has 1 atom stereocenters. The van der Waals surface area contributed by atoms with Crippen molar-refractivity contribution in [3.63, 3.8) is 0 Å². The van der Waals surface area contributed by atoms with Gasteiger partial charge in [0.05, 0.1) is 18.8 Å². The van der Waals surface area contributed by atoms with Gasteiger partial charge in [0.2, 0.25) is 0 Å². The third-order valence-electron chi connectivity index (χ3n) is 4.07. The van der Waals surface area contributed by atoms with Gasteiger partial charge in [-0.2, -0.15) is 5.26 Å². The van der Waals surface area contributed by atoms with E-state index < -0.39 is 0 Å². The summed E-state index contributed by atoms with van der Waals surface area (Å²) in [6.45, 7) is 4.99. The Kier molecular flexibility index (Phi) is 5.29. The summed E-state index contributed by atoms with van der Waals surface area (Å²) in [5.41, 5.74) is 2.82. The van der Waals surface area contributed by atoms with Crippen molar-refractivity contribution in [1.29, 1.82) is 5.26 Å². The molecule has 0 amide bonds. The summed E-state index contributed by atoms with van der Waals surface area (Å²) in [6.07, 6.45) is 2.63. The molecule has 124 valence electrons. The summed E-state index contributed by atoms with van der Waals surface area (Å²) in [5, 5.41) is 12.1. The molecule has 1 aromatic carbocycles. The fourth-order valence-electron chi connectivity index (χ4n) is 2.61. The van der Waals surface area contributed by atoms with E-state index >= 15 is 0 Å². The van der Waals surface area contributed by atoms with Crippen LogP contribution in [-0.2, 0) is 11.3 Å². The highest BCUT2D eigenvalue weighted by atomic mass is 16.5. The maximum Gasteiger partial charge on any atom is 0.126 e. The molecule has 0 spiro atoms. The lowest BCUT2D eigenvalue weighted by Gasteiger charge is -2.15. The largest absolute Gasteiger partial charge is 0.493 e. The van der Waals surface area contributed by atoms with Gasteiger partial charge >= 0.3 is 0 Å². The van der Waals surface area contributed by atoms with Crippen LogP contribution in [0.3, 0.4) is 0 Å². The monoisotopic (exact) mass is 323 g/mol. The van der Waals surface area contributed by atoms with Crippen LogP contribution < -0.4 is 10.1 Å². The number of benzene rings is 1. The van der Waals surface area contributed by atoms with Gasteiger partial charge in [0.1, 0.15) is 17.6 Å². The first-order valence-electron chi connectivity index (χ1n) is 8.14. The van der Waals surface area contributed by atoms with E-state index in [1.807, 2.05) is 6.07 Å². The second kappa shape index (κ2) is 7.80. The Morgan fingerprint density at radius 2 is 2.29 bits per heavy atom. The van der Waals surface area contributed by atoms with Crippen molar-refractivity contribution < 1.29 is 9.47 Å². The molecule has 0 saturated carbocycles. The molecule has 0 bridgehead atoms. The van der Waals surface area contributed by atoms with Gasteiger partial charge in [-0.25, -0.2) is 4.98 Å². The van der Waals surface area contributed by atoms with Gasteiger partial charge in [-0.05, 0) is 37.1 Å². The molecular formula is C19H21N3O2. The summed E-state index contributed by atoms with van der Waals surface area (Å²) in [7, 11) is 0. The maximum atomic E-state index is 8.81. The van der Waals surface area contributed by atoms with Gasteiger partial charge in [0.15, 0.2) is 0 Å². The van der Waals surface area contributed by atoms with Gasteiger partial charge < -0.3 is 14.8 Å². The summed E-state index contributed by atoms with van der Waals surface area (Å²) < 4.78 is 11.4. The number of pyridine rings is 1. The maximum absolute atomic E-state index is 8.81. The van der Waals surface area contributed by atoms with Crippen molar-refractivity contribution in [3.05, 3.63) is 53.2 Å². The second-order valence-electron chi connectivity index (χ2n) is 6.05. The average molecular weight is 323 g/mol. The number of hydrogen-bond acceptors (Lipinski definition) is 5. The third kappa shape index (κ3) is 4.24. The molecule has 1 aliphatic heterocycles. The Labute approximate surface area is 142 Å². The highest BCUT2D eigenvalue weighted by Crippen LogP contribution is 2.23. The zero-order valence-electron chi connectivity index (χ0n) is 13.8. The summed E-state index contributed by atoms with van der Waals surface area (Å²) in [6, 6.07) is 11.8. The minimum absolute atomic E-state index is 0.478. The number of ether oxygens (including phenoxy) is 2. The van der Waals surface area contributed by atoms with Crippen LogP contribution in [0.5, 0.6) is 5.75 Å². The number of rotatable bonds is 6. The van der Waals surface area contributed by atoms with Crippen LogP contribution in [0.4, 0.5) is 5.82 Å². The van der Waals surface area contributed by atoms with Crippen molar-refractivity contribution in [3.8, 4) is 11.8 Å². The van der Waals surface area contributed by atoms with E-state index in [0.717, 1.165) is 36.8 Å². The molecule has 5 nitrogen and oxygen atoms in total. The van der Waals surface area contributed by atoms with Crippen molar-refractivity contribution in [2.75, 3.05) is 25.1 Å². The number of nitrogens with one attached hydrogen (secondary N) is 1. The van der Waals surface area contributed by atoms with Crippen molar-refractivity contribution >= 4 is 5.82 Å². The number of anilines is 1. The molecule has 1 saturated heterocycles. The Balaban J connectivity index is 1.64. The first-order chi connectivity index (χ1) is 11.7. The van der Waals surface area contributed by atoms with E-state index in [1.54, 1.807) is 12.3 Å². The number of aromatic nitrogens is 1. The van der Waals surface area contributed by atoms with Crippen LogP contribution in [0.25, 0.3) is 0 Å². The van der Waals surface area contributed by atoms with E-state index in [9.17, 15) is 0 Å². The quantitative estimate of drug-likeness (QED) is 0.883. The molecule has 5 heteroatoms.